The fourth-order valence-corrected chi connectivity index (χ4v) is 14.6. The number of hydrogen-bond donors (Lipinski definition) is 0. The Kier molecular flexibility index (Phi) is 10.4. The molecule has 13 aromatic carbocycles. The van der Waals surface area contributed by atoms with Gasteiger partial charge in [0.1, 0.15) is 23.0 Å². The molecule has 3 heteroatoms. The highest BCUT2D eigenvalue weighted by Gasteiger charge is 2.53. The van der Waals surface area contributed by atoms with Gasteiger partial charge < -0.3 is 14.4 Å². The summed E-state index contributed by atoms with van der Waals surface area (Å²) in [7, 11) is 0. The van der Waals surface area contributed by atoms with Crippen molar-refractivity contribution in [3.05, 3.63) is 354 Å². The lowest BCUT2D eigenvalue weighted by Crippen LogP contribution is -2.32. The first kappa shape index (κ1) is 47.1. The Balaban J connectivity index is 0.832. The summed E-state index contributed by atoms with van der Waals surface area (Å²) in [5.41, 5.74) is 26.0. The Morgan fingerprint density at radius 3 is 1.19 bits per heavy atom. The molecule has 17 rings (SSSR count). The Morgan fingerprint density at radius 1 is 0.217 bits per heavy atom. The molecule has 4 aliphatic rings. The largest absolute Gasteiger partial charge is 0.457 e. The van der Waals surface area contributed by atoms with E-state index in [1.165, 1.54) is 66.8 Å². The van der Waals surface area contributed by atoms with E-state index in [-0.39, 0.29) is 0 Å². The Labute approximate surface area is 483 Å². The topological polar surface area (TPSA) is 21.7 Å². The van der Waals surface area contributed by atoms with Gasteiger partial charge in [-0.2, -0.15) is 0 Å². The second-order valence-corrected chi connectivity index (χ2v) is 22.2. The molecule has 0 bridgehead atoms. The number of ether oxygens (including phenoxy) is 2. The zero-order chi connectivity index (χ0) is 54.6. The SMILES string of the molecule is c1ccc(-c2cccc(-c3ccc(N(c4ccc(-c5cccc6c5-c5ccccc5C65c6ccccc6Oc6ccccc65)cc4)c4ccccc4-c4ccc5c(c4)C4(c6ccccc6Oc6ccccc64)c4ccccc4-5)cc3)c2)cc1. The minimum Gasteiger partial charge on any atom is -0.457 e. The van der Waals surface area contributed by atoms with Gasteiger partial charge in [-0.05, 0) is 150 Å². The summed E-state index contributed by atoms with van der Waals surface area (Å²) in [4.78, 5) is 2.44. The smallest absolute Gasteiger partial charge is 0.132 e. The summed E-state index contributed by atoms with van der Waals surface area (Å²) in [6.07, 6.45) is 0. The first-order valence-corrected chi connectivity index (χ1v) is 28.6. The number of nitrogens with zero attached hydrogens (tertiary/aromatic N) is 1. The lowest BCUT2D eigenvalue weighted by atomic mass is 9.66. The predicted molar refractivity (Wildman–Crippen MR) is 338 cm³/mol. The van der Waals surface area contributed by atoms with Crippen LogP contribution in [0.15, 0.2) is 309 Å². The molecule has 83 heavy (non-hydrogen) atoms. The number of rotatable bonds is 7. The predicted octanol–water partition coefficient (Wildman–Crippen LogP) is 20.8. The van der Waals surface area contributed by atoms with Crippen molar-refractivity contribution >= 4 is 17.1 Å². The molecule has 0 amide bonds. The van der Waals surface area contributed by atoms with Crippen molar-refractivity contribution < 1.29 is 9.47 Å². The normalized spacial score (nSPS) is 13.7. The van der Waals surface area contributed by atoms with Crippen LogP contribution in [0.5, 0.6) is 23.0 Å². The van der Waals surface area contributed by atoms with Crippen LogP contribution < -0.4 is 14.4 Å². The Hall–Kier alpha value is -10.7. The average Bonchev–Trinajstić information content (AvgIpc) is 2.41. The van der Waals surface area contributed by atoms with Gasteiger partial charge in [0.2, 0.25) is 0 Å². The molecular weight excluding hydrogens is 1010 g/mol. The molecule has 2 spiro atoms. The molecule has 0 unspecified atom stereocenters. The van der Waals surface area contributed by atoms with Gasteiger partial charge in [0.05, 0.1) is 16.5 Å². The fourth-order valence-electron chi connectivity index (χ4n) is 14.6. The third-order valence-corrected chi connectivity index (χ3v) is 18.0. The molecule has 2 aliphatic heterocycles. The molecule has 0 saturated heterocycles. The van der Waals surface area contributed by atoms with E-state index in [2.05, 4.69) is 314 Å². The maximum Gasteiger partial charge on any atom is 0.132 e. The molecule has 13 aromatic rings. The second-order valence-electron chi connectivity index (χ2n) is 22.2. The molecule has 0 saturated carbocycles. The molecule has 0 atom stereocenters. The Bertz CT molecular complexity index is 4660. The number of fused-ring (bicyclic) bond motifs is 18. The zero-order valence-corrected chi connectivity index (χ0v) is 45.2. The van der Waals surface area contributed by atoms with E-state index in [1.807, 2.05) is 0 Å². The molecule has 0 aromatic heterocycles. The first-order chi connectivity index (χ1) is 41.2. The van der Waals surface area contributed by atoms with Crippen LogP contribution in [0.25, 0.3) is 66.8 Å². The van der Waals surface area contributed by atoms with Crippen molar-refractivity contribution in [1.29, 1.82) is 0 Å². The van der Waals surface area contributed by atoms with Gasteiger partial charge in [-0.3, -0.25) is 0 Å². The maximum absolute atomic E-state index is 6.73. The molecule has 0 N–H and O–H groups in total. The monoisotopic (exact) mass is 1060 g/mol. The van der Waals surface area contributed by atoms with Gasteiger partial charge in [-0.15, -0.1) is 0 Å². The molecule has 3 nitrogen and oxygen atoms in total. The lowest BCUT2D eigenvalue weighted by Gasteiger charge is -2.39. The van der Waals surface area contributed by atoms with E-state index >= 15 is 0 Å². The molecular formula is C80H51NO2. The summed E-state index contributed by atoms with van der Waals surface area (Å²) >= 11 is 0. The minimum absolute atomic E-state index is 0.555. The maximum atomic E-state index is 6.73. The molecule has 0 fully saturated rings. The van der Waals surface area contributed by atoms with Crippen LogP contribution >= 0.6 is 0 Å². The highest BCUT2D eigenvalue weighted by Crippen LogP contribution is 2.65. The average molecular weight is 1060 g/mol. The summed E-state index contributed by atoms with van der Waals surface area (Å²) in [5.74, 6) is 3.55. The van der Waals surface area contributed by atoms with Crippen molar-refractivity contribution in [2.75, 3.05) is 4.90 Å². The number of para-hydroxylation sites is 5. The van der Waals surface area contributed by atoms with Crippen molar-refractivity contribution in [1.82, 2.24) is 0 Å². The van der Waals surface area contributed by atoms with E-state index in [0.29, 0.717) is 0 Å². The van der Waals surface area contributed by atoms with Gasteiger partial charge in [0.15, 0.2) is 0 Å². The van der Waals surface area contributed by atoms with Gasteiger partial charge in [-0.25, -0.2) is 0 Å². The van der Waals surface area contributed by atoms with Gasteiger partial charge >= 0.3 is 0 Å². The van der Waals surface area contributed by atoms with Crippen molar-refractivity contribution in [2.45, 2.75) is 10.8 Å². The van der Waals surface area contributed by atoms with Crippen LogP contribution in [0.4, 0.5) is 17.1 Å². The van der Waals surface area contributed by atoms with Crippen molar-refractivity contribution in [3.63, 3.8) is 0 Å². The van der Waals surface area contributed by atoms with Gasteiger partial charge in [0.25, 0.3) is 0 Å². The number of hydrogen-bond acceptors (Lipinski definition) is 3. The summed E-state index contributed by atoms with van der Waals surface area (Å²) in [6.45, 7) is 0. The van der Waals surface area contributed by atoms with E-state index < -0.39 is 10.8 Å². The van der Waals surface area contributed by atoms with Crippen LogP contribution in [0.2, 0.25) is 0 Å². The van der Waals surface area contributed by atoms with Crippen LogP contribution in [0.1, 0.15) is 44.5 Å². The Morgan fingerprint density at radius 2 is 0.602 bits per heavy atom. The van der Waals surface area contributed by atoms with Crippen LogP contribution in [-0.2, 0) is 10.8 Å². The van der Waals surface area contributed by atoms with Gasteiger partial charge in [0, 0.05) is 39.2 Å². The van der Waals surface area contributed by atoms with Crippen molar-refractivity contribution in [2.24, 2.45) is 0 Å². The van der Waals surface area contributed by atoms with Crippen LogP contribution in [0, 0.1) is 0 Å². The lowest BCUT2D eigenvalue weighted by molar-refractivity contribution is 0.436. The summed E-state index contributed by atoms with van der Waals surface area (Å²) < 4.78 is 13.4. The number of anilines is 3. The van der Waals surface area contributed by atoms with Crippen LogP contribution in [0.3, 0.4) is 0 Å². The first-order valence-electron chi connectivity index (χ1n) is 28.6. The van der Waals surface area contributed by atoms with Crippen LogP contribution in [-0.4, -0.2) is 0 Å². The zero-order valence-electron chi connectivity index (χ0n) is 45.2. The molecule has 2 heterocycles. The van der Waals surface area contributed by atoms with Gasteiger partial charge in [-0.1, -0.05) is 243 Å². The second kappa shape index (κ2) is 18.4. The molecule has 2 aliphatic carbocycles. The molecule has 0 radical (unpaired) electrons. The fraction of sp³-hybridized carbons (Fsp3) is 0.0250. The highest BCUT2D eigenvalue weighted by molar-refractivity contribution is 5.98. The standard InChI is InChI=1S/C80H51NO2/c1-2-20-52(21-3-1)55-22-18-23-56(50-55)53-40-45-58(46-41-53)81(59-47-42-54(43-48-59)61-27-19-34-71-78(61)64-26-5-8-29-66(64)79(71)67-30-9-14-36-74(67)82-75-37-15-10-31-68(75)79)73-35-13-6-24-60(73)57-44-49-63-62-25-4-7-28-65(62)80(72(63)51-57)69-32-11-16-38-76(69)83-77-39-17-12-33-70(77)80/h1-51H. The third-order valence-electron chi connectivity index (χ3n) is 18.0. The highest BCUT2D eigenvalue weighted by atomic mass is 16.5. The third kappa shape index (κ3) is 6.86. The van der Waals surface area contributed by atoms with E-state index in [0.717, 1.165) is 84.6 Å². The van der Waals surface area contributed by atoms with Crippen molar-refractivity contribution in [3.8, 4) is 89.8 Å². The van der Waals surface area contributed by atoms with E-state index in [1.54, 1.807) is 0 Å². The van der Waals surface area contributed by atoms with E-state index in [4.69, 9.17) is 9.47 Å². The summed E-state index contributed by atoms with van der Waals surface area (Å²) in [6, 6.07) is 113. The molecule has 388 valence electrons. The van der Waals surface area contributed by atoms with E-state index in [9.17, 15) is 0 Å². The quantitative estimate of drug-likeness (QED) is 0.159. The number of benzene rings is 13. The minimum atomic E-state index is -0.596. The summed E-state index contributed by atoms with van der Waals surface area (Å²) in [5, 5.41) is 0.